The smallest absolute Gasteiger partial charge is 0.328 e. The van der Waals surface area contributed by atoms with Gasteiger partial charge in [-0.15, -0.1) is 0 Å². The van der Waals surface area contributed by atoms with Crippen LogP contribution in [0.3, 0.4) is 0 Å². The highest BCUT2D eigenvalue weighted by Gasteiger charge is 2.46. The Balaban J connectivity index is 1.59. The molecule has 0 bridgehead atoms. The Morgan fingerprint density at radius 2 is 2.04 bits per heavy atom. The van der Waals surface area contributed by atoms with Crippen LogP contribution in [0.4, 0.5) is 0 Å². The molecule has 0 aromatic heterocycles. The van der Waals surface area contributed by atoms with Gasteiger partial charge in [-0.2, -0.15) is 0 Å². The Labute approximate surface area is 165 Å². The minimum absolute atomic E-state index is 0.161. The van der Waals surface area contributed by atoms with Gasteiger partial charge in [0.2, 0.25) is 0 Å². The Kier molecular flexibility index (Phi) is 5.29. The molecule has 1 aliphatic carbocycles. The molecule has 0 spiro atoms. The lowest BCUT2D eigenvalue weighted by molar-refractivity contribution is -0.153. The average Bonchev–Trinajstić information content (AvgIpc) is 3.05. The summed E-state index contributed by atoms with van der Waals surface area (Å²) in [6, 6.07) is 4.99. The predicted octanol–water partition coefficient (Wildman–Crippen LogP) is 3.19. The maximum absolute atomic E-state index is 13.1. The van der Waals surface area contributed by atoms with Crippen LogP contribution in [0.25, 0.3) is 6.08 Å². The van der Waals surface area contributed by atoms with Gasteiger partial charge in [0.05, 0.1) is 19.8 Å². The zero-order valence-corrected chi connectivity index (χ0v) is 16.5. The molecular weight excluding hydrogens is 358 g/mol. The number of rotatable bonds is 5. The van der Waals surface area contributed by atoms with Gasteiger partial charge in [-0.3, -0.25) is 4.79 Å². The second-order valence-corrected chi connectivity index (χ2v) is 7.83. The molecule has 2 aliphatic heterocycles. The van der Waals surface area contributed by atoms with Crippen molar-refractivity contribution in [2.75, 3.05) is 20.8 Å². The molecule has 28 heavy (non-hydrogen) atoms. The monoisotopic (exact) mass is 385 g/mol. The third kappa shape index (κ3) is 3.36. The molecule has 6 heteroatoms. The molecule has 6 nitrogen and oxygen atoms in total. The van der Waals surface area contributed by atoms with Gasteiger partial charge in [0.25, 0.3) is 5.91 Å². The summed E-state index contributed by atoms with van der Waals surface area (Å²) in [5.74, 6) is 1.30. The predicted molar refractivity (Wildman–Crippen MR) is 104 cm³/mol. The van der Waals surface area contributed by atoms with Crippen LogP contribution in [0.1, 0.15) is 44.1 Å². The fourth-order valence-corrected chi connectivity index (χ4v) is 4.66. The van der Waals surface area contributed by atoms with E-state index in [0.717, 1.165) is 24.0 Å². The van der Waals surface area contributed by atoms with Crippen LogP contribution in [0.5, 0.6) is 11.5 Å². The molecule has 2 atom stereocenters. The highest BCUT2D eigenvalue weighted by Crippen LogP contribution is 2.40. The number of carbonyl (C=O) groups is 2. The van der Waals surface area contributed by atoms with Crippen LogP contribution in [0, 0.1) is 5.92 Å². The van der Waals surface area contributed by atoms with Crippen LogP contribution in [0.15, 0.2) is 23.8 Å². The molecule has 1 saturated carbocycles. The van der Waals surface area contributed by atoms with Gasteiger partial charge < -0.3 is 19.1 Å². The van der Waals surface area contributed by atoms with Crippen LogP contribution < -0.4 is 9.47 Å². The molecule has 1 amide bonds. The fourth-order valence-electron chi connectivity index (χ4n) is 4.66. The third-order valence-electron chi connectivity index (χ3n) is 6.15. The van der Waals surface area contributed by atoms with Crippen molar-refractivity contribution in [3.63, 3.8) is 0 Å². The Hall–Kier alpha value is -2.50. The summed E-state index contributed by atoms with van der Waals surface area (Å²) in [5.41, 5.74) is 1.70. The number of carbonyl (C=O) groups excluding carboxylic acids is 2. The summed E-state index contributed by atoms with van der Waals surface area (Å²) in [6.07, 6.45) is 7.83. The van der Waals surface area contributed by atoms with Gasteiger partial charge in [-0.1, -0.05) is 38.2 Å². The van der Waals surface area contributed by atoms with E-state index in [-0.39, 0.29) is 11.9 Å². The summed E-state index contributed by atoms with van der Waals surface area (Å²) in [5, 5.41) is 0. The largest absolute Gasteiger partial charge is 0.496 e. The van der Waals surface area contributed by atoms with E-state index in [4.69, 9.17) is 14.2 Å². The van der Waals surface area contributed by atoms with E-state index in [1.54, 1.807) is 12.0 Å². The molecule has 1 saturated heterocycles. The van der Waals surface area contributed by atoms with Gasteiger partial charge in [-0.05, 0) is 36.1 Å². The van der Waals surface area contributed by atoms with Crippen LogP contribution in [0.2, 0.25) is 0 Å². The van der Waals surface area contributed by atoms with Gasteiger partial charge in [0, 0.05) is 6.54 Å². The third-order valence-corrected chi connectivity index (χ3v) is 6.15. The minimum Gasteiger partial charge on any atom is -0.496 e. The van der Waals surface area contributed by atoms with E-state index in [1.165, 1.54) is 26.4 Å². The second kappa shape index (κ2) is 7.86. The first-order valence-corrected chi connectivity index (χ1v) is 10.0. The number of ether oxygens (including phenoxy) is 3. The zero-order valence-electron chi connectivity index (χ0n) is 16.5. The van der Waals surface area contributed by atoms with Gasteiger partial charge in [-0.25, -0.2) is 4.79 Å². The minimum atomic E-state index is -0.668. The summed E-state index contributed by atoms with van der Waals surface area (Å²) in [4.78, 5) is 27.3. The number of fused-ring (bicyclic) bond motifs is 2. The maximum atomic E-state index is 13.1. The van der Waals surface area contributed by atoms with E-state index < -0.39 is 12.1 Å². The van der Waals surface area contributed by atoms with Crippen molar-refractivity contribution >= 4 is 18.0 Å². The van der Waals surface area contributed by atoms with E-state index in [2.05, 4.69) is 0 Å². The van der Waals surface area contributed by atoms with Crippen LogP contribution >= 0.6 is 0 Å². The molecule has 150 valence electrons. The van der Waals surface area contributed by atoms with Gasteiger partial charge in [0.15, 0.2) is 6.10 Å². The highest BCUT2D eigenvalue weighted by molar-refractivity contribution is 5.95. The van der Waals surface area contributed by atoms with E-state index >= 15 is 0 Å². The van der Waals surface area contributed by atoms with Crippen molar-refractivity contribution < 1.29 is 23.8 Å². The molecule has 4 rings (SSSR count). The number of methoxy groups -OCH3 is 2. The van der Waals surface area contributed by atoms with E-state index in [1.807, 2.05) is 24.3 Å². The van der Waals surface area contributed by atoms with E-state index in [9.17, 15) is 9.59 Å². The van der Waals surface area contributed by atoms with Crippen molar-refractivity contribution in [2.45, 2.75) is 50.7 Å². The number of hydrogen-bond acceptors (Lipinski definition) is 5. The number of esters is 1. The number of benzene rings is 1. The standard InChI is InChI=1S/C22H27NO5/c1-26-18-9-6-10-19-16(18)12-15-13-23(21(24)20(15)28-19)17(22(25)27-2)11-14-7-4-3-5-8-14/h6,9-10,12,14,17,20H,3-5,7-8,11,13H2,1-2H3/t17?,20-/m0/s1. The molecule has 0 radical (unpaired) electrons. The quantitative estimate of drug-likeness (QED) is 0.729. The topological polar surface area (TPSA) is 65.1 Å². The first-order chi connectivity index (χ1) is 13.6. The van der Waals surface area contributed by atoms with Crippen molar-refractivity contribution in [1.82, 2.24) is 4.90 Å². The van der Waals surface area contributed by atoms with Crippen molar-refractivity contribution in [3.8, 4) is 11.5 Å². The van der Waals surface area contributed by atoms with E-state index in [0.29, 0.717) is 30.4 Å². The Bertz CT molecular complexity index is 796. The maximum Gasteiger partial charge on any atom is 0.328 e. The molecule has 3 aliphatic rings. The first kappa shape index (κ1) is 18.8. The van der Waals surface area contributed by atoms with Crippen molar-refractivity contribution in [2.24, 2.45) is 5.92 Å². The summed E-state index contributed by atoms with van der Waals surface area (Å²) in [7, 11) is 3.00. The number of amides is 1. The molecule has 1 unspecified atom stereocenters. The number of likely N-dealkylation sites (tertiary alicyclic amines) is 1. The fraction of sp³-hybridized carbons (Fsp3) is 0.545. The lowest BCUT2D eigenvalue weighted by atomic mass is 9.84. The normalized spacial score (nSPS) is 22.6. The van der Waals surface area contributed by atoms with Crippen LogP contribution in [-0.2, 0) is 14.3 Å². The molecule has 2 fully saturated rings. The summed E-state index contributed by atoms with van der Waals surface area (Å²) >= 11 is 0. The molecular formula is C22H27NO5. The first-order valence-electron chi connectivity index (χ1n) is 10.0. The Morgan fingerprint density at radius 1 is 1.25 bits per heavy atom. The molecule has 2 heterocycles. The van der Waals surface area contributed by atoms with Crippen molar-refractivity contribution in [1.29, 1.82) is 0 Å². The molecule has 1 aromatic carbocycles. The lowest BCUT2D eigenvalue weighted by Crippen LogP contribution is -2.46. The molecule has 1 aromatic rings. The summed E-state index contributed by atoms with van der Waals surface area (Å²) in [6.45, 7) is 0.382. The average molecular weight is 385 g/mol. The lowest BCUT2D eigenvalue weighted by Gasteiger charge is -2.30. The Morgan fingerprint density at radius 3 is 2.75 bits per heavy atom. The van der Waals surface area contributed by atoms with Gasteiger partial charge in [0.1, 0.15) is 17.5 Å². The highest BCUT2D eigenvalue weighted by atomic mass is 16.5. The summed E-state index contributed by atoms with van der Waals surface area (Å²) < 4.78 is 16.5. The van der Waals surface area contributed by atoms with Crippen LogP contribution in [-0.4, -0.2) is 49.7 Å². The van der Waals surface area contributed by atoms with Gasteiger partial charge >= 0.3 is 5.97 Å². The zero-order chi connectivity index (χ0) is 19.7. The SMILES string of the molecule is COC(=O)C(CC1CCCCC1)N1CC2=Cc3c(OC)cccc3O[C@@H]2C1=O. The van der Waals surface area contributed by atoms with Crippen molar-refractivity contribution in [3.05, 3.63) is 29.3 Å². The number of nitrogens with zero attached hydrogens (tertiary/aromatic N) is 1. The molecule has 0 N–H and O–H groups in total. The second-order valence-electron chi connectivity index (χ2n) is 7.83. The number of hydrogen-bond donors (Lipinski definition) is 0.